The standard InChI is InChI=1S/C11H6BrN3O/c12-10-5-11(15-7-14-10)16-9-3-1-8(6-13)2-4-9/h1-5,7H. The summed E-state index contributed by atoms with van der Waals surface area (Å²) in [6.07, 6.45) is 1.41. The summed E-state index contributed by atoms with van der Waals surface area (Å²) >= 11 is 3.22. The van der Waals surface area contributed by atoms with Crippen LogP contribution in [0.1, 0.15) is 5.56 Å². The quantitative estimate of drug-likeness (QED) is 0.791. The van der Waals surface area contributed by atoms with Crippen LogP contribution in [0.2, 0.25) is 0 Å². The van der Waals surface area contributed by atoms with Crippen LogP contribution in [0.3, 0.4) is 0 Å². The van der Waals surface area contributed by atoms with Gasteiger partial charge in [-0.25, -0.2) is 9.97 Å². The lowest BCUT2D eigenvalue weighted by Crippen LogP contribution is -1.89. The first kappa shape index (κ1) is 10.6. The second-order valence-corrected chi connectivity index (χ2v) is 3.73. The second-order valence-electron chi connectivity index (χ2n) is 2.92. The van der Waals surface area contributed by atoms with Crippen molar-refractivity contribution in [2.45, 2.75) is 0 Å². The van der Waals surface area contributed by atoms with Gasteiger partial charge in [0.1, 0.15) is 16.7 Å². The molecular formula is C11H6BrN3O. The second kappa shape index (κ2) is 4.73. The van der Waals surface area contributed by atoms with E-state index in [9.17, 15) is 0 Å². The highest BCUT2D eigenvalue weighted by molar-refractivity contribution is 9.10. The molecule has 0 amide bonds. The molecule has 0 aliphatic heterocycles. The molecule has 0 bridgehead atoms. The number of hydrogen-bond acceptors (Lipinski definition) is 4. The van der Waals surface area contributed by atoms with Gasteiger partial charge in [0.2, 0.25) is 5.88 Å². The SMILES string of the molecule is N#Cc1ccc(Oc2cc(Br)ncn2)cc1. The number of ether oxygens (including phenoxy) is 1. The molecule has 0 radical (unpaired) electrons. The molecule has 0 unspecified atom stereocenters. The molecule has 1 aromatic heterocycles. The lowest BCUT2D eigenvalue weighted by molar-refractivity contribution is 0.461. The molecule has 0 aliphatic rings. The van der Waals surface area contributed by atoms with Crippen molar-refractivity contribution in [3.63, 3.8) is 0 Å². The van der Waals surface area contributed by atoms with E-state index in [1.807, 2.05) is 6.07 Å². The lowest BCUT2D eigenvalue weighted by Gasteiger charge is -2.03. The number of halogens is 1. The van der Waals surface area contributed by atoms with Crippen LogP contribution in [0, 0.1) is 11.3 Å². The van der Waals surface area contributed by atoms with Crippen LogP contribution in [0.4, 0.5) is 0 Å². The molecule has 16 heavy (non-hydrogen) atoms. The molecule has 4 nitrogen and oxygen atoms in total. The van der Waals surface area contributed by atoms with Crippen LogP contribution >= 0.6 is 15.9 Å². The summed E-state index contributed by atoms with van der Waals surface area (Å²) in [5.74, 6) is 1.08. The zero-order valence-electron chi connectivity index (χ0n) is 8.09. The van der Waals surface area contributed by atoms with E-state index in [4.69, 9.17) is 10.00 Å². The third-order valence-electron chi connectivity index (χ3n) is 1.81. The minimum Gasteiger partial charge on any atom is -0.439 e. The van der Waals surface area contributed by atoms with Gasteiger partial charge in [-0.15, -0.1) is 0 Å². The van der Waals surface area contributed by atoms with E-state index in [0.29, 0.717) is 21.8 Å². The van der Waals surface area contributed by atoms with Crippen molar-refractivity contribution >= 4 is 15.9 Å². The van der Waals surface area contributed by atoms with Crippen molar-refractivity contribution in [2.24, 2.45) is 0 Å². The average molecular weight is 276 g/mol. The number of nitrogens with zero attached hydrogens (tertiary/aromatic N) is 3. The smallest absolute Gasteiger partial charge is 0.223 e. The van der Waals surface area contributed by atoms with Gasteiger partial charge in [-0.1, -0.05) is 0 Å². The van der Waals surface area contributed by atoms with Gasteiger partial charge in [-0.3, -0.25) is 0 Å². The van der Waals surface area contributed by atoms with E-state index < -0.39 is 0 Å². The average Bonchev–Trinajstić information content (AvgIpc) is 2.30. The summed E-state index contributed by atoms with van der Waals surface area (Å²) in [6, 6.07) is 10.5. The van der Waals surface area contributed by atoms with Crippen molar-refractivity contribution in [1.29, 1.82) is 5.26 Å². The summed E-state index contributed by atoms with van der Waals surface area (Å²) in [5.41, 5.74) is 0.594. The van der Waals surface area contributed by atoms with Crippen LogP contribution in [0.25, 0.3) is 0 Å². The fourth-order valence-electron chi connectivity index (χ4n) is 1.09. The Hall–Kier alpha value is -1.93. The lowest BCUT2D eigenvalue weighted by atomic mass is 10.2. The largest absolute Gasteiger partial charge is 0.439 e. The van der Waals surface area contributed by atoms with Crippen molar-refractivity contribution in [3.05, 3.63) is 46.8 Å². The first-order valence-electron chi connectivity index (χ1n) is 4.43. The number of aromatic nitrogens is 2. The fourth-order valence-corrected chi connectivity index (χ4v) is 1.38. The van der Waals surface area contributed by atoms with E-state index in [1.54, 1.807) is 30.3 Å². The summed E-state index contributed by atoms with van der Waals surface area (Å²) in [7, 11) is 0. The molecule has 0 spiro atoms. The van der Waals surface area contributed by atoms with Gasteiger partial charge in [0.25, 0.3) is 0 Å². The van der Waals surface area contributed by atoms with Crippen molar-refractivity contribution in [2.75, 3.05) is 0 Å². The minimum atomic E-state index is 0.451. The molecule has 0 aliphatic carbocycles. The molecule has 1 aromatic carbocycles. The maximum absolute atomic E-state index is 8.64. The molecule has 5 heteroatoms. The van der Waals surface area contributed by atoms with Crippen LogP contribution < -0.4 is 4.74 Å². The van der Waals surface area contributed by atoms with Crippen molar-refractivity contribution in [1.82, 2.24) is 9.97 Å². The number of hydrogen-bond donors (Lipinski definition) is 0. The zero-order valence-corrected chi connectivity index (χ0v) is 9.68. The molecule has 1 heterocycles. The van der Waals surface area contributed by atoms with Gasteiger partial charge in [0.05, 0.1) is 11.6 Å². The first-order valence-corrected chi connectivity index (χ1v) is 5.23. The van der Waals surface area contributed by atoms with Crippen LogP contribution in [-0.4, -0.2) is 9.97 Å². The Morgan fingerprint density at radius 1 is 1.19 bits per heavy atom. The Morgan fingerprint density at radius 2 is 1.94 bits per heavy atom. The Bertz CT molecular complexity index is 534. The number of benzene rings is 1. The van der Waals surface area contributed by atoms with Gasteiger partial charge in [-0.05, 0) is 40.2 Å². The van der Waals surface area contributed by atoms with Gasteiger partial charge in [-0.2, -0.15) is 5.26 Å². The third kappa shape index (κ3) is 2.55. The van der Waals surface area contributed by atoms with E-state index >= 15 is 0 Å². The number of nitriles is 1. The van der Waals surface area contributed by atoms with Crippen LogP contribution in [0.15, 0.2) is 41.3 Å². The Balaban J connectivity index is 2.18. The Morgan fingerprint density at radius 3 is 2.56 bits per heavy atom. The highest BCUT2D eigenvalue weighted by Crippen LogP contribution is 2.20. The minimum absolute atomic E-state index is 0.451. The predicted octanol–water partition coefficient (Wildman–Crippen LogP) is 2.90. The van der Waals surface area contributed by atoms with E-state index in [0.717, 1.165) is 0 Å². The maximum atomic E-state index is 8.64. The molecule has 2 rings (SSSR count). The topological polar surface area (TPSA) is 58.8 Å². The molecule has 0 atom stereocenters. The van der Waals surface area contributed by atoms with Gasteiger partial charge in [0.15, 0.2) is 0 Å². The van der Waals surface area contributed by atoms with E-state index in [-0.39, 0.29) is 0 Å². The fraction of sp³-hybridized carbons (Fsp3) is 0. The molecule has 2 aromatic rings. The van der Waals surface area contributed by atoms with Crippen LogP contribution in [0.5, 0.6) is 11.6 Å². The Kier molecular flexibility index (Phi) is 3.13. The summed E-state index contributed by atoms with van der Waals surface area (Å²) < 4.78 is 6.13. The zero-order chi connectivity index (χ0) is 11.4. The van der Waals surface area contributed by atoms with Crippen LogP contribution in [-0.2, 0) is 0 Å². The highest BCUT2D eigenvalue weighted by Gasteiger charge is 1.99. The molecular weight excluding hydrogens is 270 g/mol. The predicted molar refractivity (Wildman–Crippen MR) is 61.0 cm³/mol. The maximum Gasteiger partial charge on any atom is 0.223 e. The molecule has 0 N–H and O–H groups in total. The summed E-state index contributed by atoms with van der Waals surface area (Å²) in [6.45, 7) is 0. The highest BCUT2D eigenvalue weighted by atomic mass is 79.9. The number of rotatable bonds is 2. The monoisotopic (exact) mass is 275 g/mol. The summed E-state index contributed by atoms with van der Waals surface area (Å²) in [4.78, 5) is 7.84. The molecule has 0 saturated heterocycles. The molecule has 0 fully saturated rings. The van der Waals surface area contributed by atoms with Gasteiger partial charge in [0, 0.05) is 6.07 Å². The first-order chi connectivity index (χ1) is 7.78. The molecule has 0 saturated carbocycles. The Labute approximate surface area is 101 Å². The normalized spacial score (nSPS) is 9.50. The van der Waals surface area contributed by atoms with Gasteiger partial charge < -0.3 is 4.74 Å². The summed E-state index contributed by atoms with van der Waals surface area (Å²) in [5, 5.41) is 8.64. The molecule has 78 valence electrons. The van der Waals surface area contributed by atoms with E-state index in [1.165, 1.54) is 6.33 Å². The third-order valence-corrected chi connectivity index (χ3v) is 2.25. The van der Waals surface area contributed by atoms with Crippen molar-refractivity contribution < 1.29 is 4.74 Å². The van der Waals surface area contributed by atoms with Crippen molar-refractivity contribution in [3.8, 4) is 17.7 Å². The van der Waals surface area contributed by atoms with E-state index in [2.05, 4.69) is 25.9 Å². The van der Waals surface area contributed by atoms with Gasteiger partial charge >= 0.3 is 0 Å².